The summed E-state index contributed by atoms with van der Waals surface area (Å²) in [6.45, 7) is 5.44. The topological polar surface area (TPSA) is 12.0 Å². The fraction of sp³-hybridized carbons (Fsp3) is 0.412. The Morgan fingerprint density at radius 2 is 2.00 bits per heavy atom. The van der Waals surface area contributed by atoms with Crippen LogP contribution in [0.25, 0.3) is 0 Å². The second-order valence-corrected chi connectivity index (χ2v) is 6.04. The quantitative estimate of drug-likeness (QED) is 0.797. The number of likely N-dealkylation sites (N-methyl/N-ethyl adjacent to an activating group) is 1. The van der Waals surface area contributed by atoms with Crippen LogP contribution < -0.4 is 5.32 Å². The zero-order valence-corrected chi connectivity index (χ0v) is 12.7. The Morgan fingerprint density at radius 3 is 2.68 bits per heavy atom. The second kappa shape index (κ2) is 7.46. The first-order valence-electron chi connectivity index (χ1n) is 7.10. The molecule has 0 amide bonds. The molecule has 1 N–H and O–H groups in total. The predicted octanol–water partition coefficient (Wildman–Crippen LogP) is 4.21. The highest BCUT2D eigenvalue weighted by molar-refractivity contribution is 7.09. The summed E-state index contributed by atoms with van der Waals surface area (Å²) in [5.41, 5.74) is 2.89. The zero-order valence-electron chi connectivity index (χ0n) is 11.9. The van der Waals surface area contributed by atoms with E-state index in [1.807, 2.05) is 11.3 Å². The van der Waals surface area contributed by atoms with Gasteiger partial charge < -0.3 is 5.32 Å². The van der Waals surface area contributed by atoms with E-state index in [0.717, 1.165) is 19.4 Å². The Balaban J connectivity index is 1.91. The van der Waals surface area contributed by atoms with Crippen molar-refractivity contribution in [2.45, 2.75) is 39.2 Å². The van der Waals surface area contributed by atoms with Crippen molar-refractivity contribution in [1.82, 2.24) is 5.32 Å². The van der Waals surface area contributed by atoms with Crippen LogP contribution in [0, 0.1) is 6.92 Å². The average molecular weight is 273 g/mol. The molecule has 1 heterocycles. The zero-order chi connectivity index (χ0) is 13.5. The van der Waals surface area contributed by atoms with Gasteiger partial charge in [0.2, 0.25) is 0 Å². The number of aryl methyl sites for hydroxylation is 2. The van der Waals surface area contributed by atoms with E-state index in [1.165, 1.54) is 22.4 Å². The molecule has 2 rings (SSSR count). The Kier molecular flexibility index (Phi) is 5.62. The molecule has 0 radical (unpaired) electrons. The molecule has 19 heavy (non-hydrogen) atoms. The molecular formula is C17H23NS. The van der Waals surface area contributed by atoms with Gasteiger partial charge >= 0.3 is 0 Å². The molecule has 0 bridgehead atoms. The lowest BCUT2D eigenvalue weighted by Gasteiger charge is -2.17. The lowest BCUT2D eigenvalue weighted by molar-refractivity contribution is 0.493. The van der Waals surface area contributed by atoms with Gasteiger partial charge in [0.05, 0.1) is 0 Å². The third-order valence-electron chi connectivity index (χ3n) is 3.54. The van der Waals surface area contributed by atoms with Crippen LogP contribution in [0.4, 0.5) is 0 Å². The molecule has 0 saturated carbocycles. The minimum absolute atomic E-state index is 0.586. The summed E-state index contributed by atoms with van der Waals surface area (Å²) >= 11 is 1.86. The van der Waals surface area contributed by atoms with E-state index in [2.05, 4.69) is 60.9 Å². The van der Waals surface area contributed by atoms with E-state index in [0.29, 0.717) is 6.04 Å². The molecule has 1 nitrogen and oxygen atoms in total. The van der Waals surface area contributed by atoms with Crippen molar-refractivity contribution in [3.63, 3.8) is 0 Å². The fourth-order valence-corrected chi connectivity index (χ4v) is 3.24. The summed E-state index contributed by atoms with van der Waals surface area (Å²) in [6.07, 6.45) is 3.52. The maximum atomic E-state index is 3.62. The summed E-state index contributed by atoms with van der Waals surface area (Å²) < 4.78 is 0. The van der Waals surface area contributed by atoms with Gasteiger partial charge in [-0.15, -0.1) is 11.3 Å². The first kappa shape index (κ1) is 14.3. The summed E-state index contributed by atoms with van der Waals surface area (Å²) in [6, 6.07) is 13.7. The van der Waals surface area contributed by atoms with Crippen LogP contribution in [0.3, 0.4) is 0 Å². The summed E-state index contributed by atoms with van der Waals surface area (Å²) in [7, 11) is 0. The van der Waals surface area contributed by atoms with Gasteiger partial charge in [-0.2, -0.15) is 0 Å². The predicted molar refractivity (Wildman–Crippen MR) is 85.0 cm³/mol. The largest absolute Gasteiger partial charge is 0.314 e. The fourth-order valence-electron chi connectivity index (χ4n) is 2.46. The SMILES string of the molecule is CCNC(CCc1ccccc1C)Cc1cccs1. The van der Waals surface area contributed by atoms with E-state index < -0.39 is 0 Å². The van der Waals surface area contributed by atoms with Crippen molar-refractivity contribution in [2.24, 2.45) is 0 Å². The maximum absolute atomic E-state index is 3.62. The van der Waals surface area contributed by atoms with Crippen LogP contribution >= 0.6 is 11.3 Å². The normalized spacial score (nSPS) is 12.5. The smallest absolute Gasteiger partial charge is 0.0118 e. The Hall–Kier alpha value is -1.12. The molecule has 2 aromatic rings. The second-order valence-electron chi connectivity index (χ2n) is 5.00. The molecule has 1 unspecified atom stereocenters. The Bertz CT molecular complexity index is 476. The van der Waals surface area contributed by atoms with Crippen molar-refractivity contribution in [3.8, 4) is 0 Å². The highest BCUT2D eigenvalue weighted by atomic mass is 32.1. The lowest BCUT2D eigenvalue weighted by Crippen LogP contribution is -2.31. The number of hydrogen-bond acceptors (Lipinski definition) is 2. The molecule has 1 atom stereocenters. The minimum Gasteiger partial charge on any atom is -0.314 e. The Morgan fingerprint density at radius 1 is 1.16 bits per heavy atom. The van der Waals surface area contributed by atoms with E-state index in [-0.39, 0.29) is 0 Å². The van der Waals surface area contributed by atoms with Crippen molar-refractivity contribution in [2.75, 3.05) is 6.54 Å². The van der Waals surface area contributed by atoms with Crippen molar-refractivity contribution in [3.05, 3.63) is 57.8 Å². The molecule has 0 aliphatic rings. The lowest BCUT2D eigenvalue weighted by atomic mass is 9.99. The van der Waals surface area contributed by atoms with Gasteiger partial charge in [0, 0.05) is 10.9 Å². The van der Waals surface area contributed by atoms with Crippen LogP contribution in [-0.4, -0.2) is 12.6 Å². The molecule has 0 fully saturated rings. The first-order valence-corrected chi connectivity index (χ1v) is 7.98. The molecule has 0 saturated heterocycles. The van der Waals surface area contributed by atoms with Crippen LogP contribution in [0.15, 0.2) is 41.8 Å². The summed E-state index contributed by atoms with van der Waals surface area (Å²) in [5, 5.41) is 5.78. The number of nitrogens with one attached hydrogen (secondary N) is 1. The van der Waals surface area contributed by atoms with Gasteiger partial charge in [-0.1, -0.05) is 37.3 Å². The highest BCUT2D eigenvalue weighted by Crippen LogP contribution is 2.16. The molecular weight excluding hydrogens is 250 g/mol. The third-order valence-corrected chi connectivity index (χ3v) is 4.44. The molecule has 2 heteroatoms. The van der Waals surface area contributed by atoms with Gasteiger partial charge in [-0.3, -0.25) is 0 Å². The standard InChI is InChI=1S/C17H23NS/c1-3-18-16(13-17-9-6-12-19-17)11-10-15-8-5-4-7-14(15)2/h4-9,12,16,18H,3,10-11,13H2,1-2H3. The number of benzene rings is 1. The highest BCUT2D eigenvalue weighted by Gasteiger charge is 2.10. The molecule has 0 aliphatic carbocycles. The van der Waals surface area contributed by atoms with Crippen molar-refractivity contribution in [1.29, 1.82) is 0 Å². The van der Waals surface area contributed by atoms with E-state index >= 15 is 0 Å². The van der Waals surface area contributed by atoms with Gasteiger partial charge in [-0.05, 0) is 55.3 Å². The van der Waals surface area contributed by atoms with Crippen molar-refractivity contribution < 1.29 is 0 Å². The molecule has 1 aromatic carbocycles. The summed E-state index contributed by atoms with van der Waals surface area (Å²) in [4.78, 5) is 1.48. The molecule has 0 aliphatic heterocycles. The Labute approximate surface area is 120 Å². The average Bonchev–Trinajstić information content (AvgIpc) is 2.91. The van der Waals surface area contributed by atoms with E-state index in [1.54, 1.807) is 0 Å². The van der Waals surface area contributed by atoms with Gasteiger partial charge in [0.1, 0.15) is 0 Å². The van der Waals surface area contributed by atoms with Crippen LogP contribution in [-0.2, 0) is 12.8 Å². The van der Waals surface area contributed by atoms with Crippen LogP contribution in [0.5, 0.6) is 0 Å². The van der Waals surface area contributed by atoms with E-state index in [4.69, 9.17) is 0 Å². The van der Waals surface area contributed by atoms with Crippen LogP contribution in [0.2, 0.25) is 0 Å². The molecule has 0 spiro atoms. The van der Waals surface area contributed by atoms with Crippen LogP contribution in [0.1, 0.15) is 29.3 Å². The first-order chi connectivity index (χ1) is 9.29. The third kappa shape index (κ3) is 4.48. The number of rotatable bonds is 7. The number of hydrogen-bond donors (Lipinski definition) is 1. The minimum atomic E-state index is 0.586. The summed E-state index contributed by atoms with van der Waals surface area (Å²) in [5.74, 6) is 0. The molecule has 1 aromatic heterocycles. The maximum Gasteiger partial charge on any atom is 0.0118 e. The van der Waals surface area contributed by atoms with Gasteiger partial charge in [0.25, 0.3) is 0 Å². The molecule has 102 valence electrons. The monoisotopic (exact) mass is 273 g/mol. The number of thiophene rings is 1. The van der Waals surface area contributed by atoms with Gasteiger partial charge in [-0.25, -0.2) is 0 Å². The van der Waals surface area contributed by atoms with E-state index in [9.17, 15) is 0 Å². The van der Waals surface area contributed by atoms with Crippen molar-refractivity contribution >= 4 is 11.3 Å². The van der Waals surface area contributed by atoms with Gasteiger partial charge in [0.15, 0.2) is 0 Å².